The highest BCUT2D eigenvalue weighted by atomic mass is 35.5. The van der Waals surface area contributed by atoms with E-state index in [9.17, 15) is 19.2 Å². The van der Waals surface area contributed by atoms with Gasteiger partial charge in [0.25, 0.3) is 11.8 Å². The average molecular weight is 586 g/mol. The molecule has 4 fully saturated rings. The van der Waals surface area contributed by atoms with Crippen molar-refractivity contribution in [1.29, 1.82) is 0 Å². The summed E-state index contributed by atoms with van der Waals surface area (Å²) in [5.74, 6) is 0.653. The van der Waals surface area contributed by atoms with E-state index in [1.807, 2.05) is 36.4 Å². The van der Waals surface area contributed by atoms with Crippen molar-refractivity contribution in [2.75, 3.05) is 14.1 Å². The number of benzene rings is 2. The number of hydrogen-bond acceptors (Lipinski definition) is 4. The van der Waals surface area contributed by atoms with Crippen molar-refractivity contribution >= 4 is 47.1 Å². The monoisotopic (exact) mass is 584 g/mol. The molecule has 2 saturated heterocycles. The van der Waals surface area contributed by atoms with E-state index in [0.29, 0.717) is 24.7 Å². The third-order valence-electron chi connectivity index (χ3n) is 9.27. The molecule has 2 heterocycles. The highest BCUT2D eigenvalue weighted by Gasteiger charge is 2.55. The molecule has 10 heteroatoms. The fraction of sp³-hybridized carbons (Fsp3) is 0.467. The zero-order valence-electron chi connectivity index (χ0n) is 22.7. The molecule has 2 saturated carbocycles. The van der Waals surface area contributed by atoms with Gasteiger partial charge in [0.2, 0.25) is 0 Å². The van der Waals surface area contributed by atoms with E-state index in [-0.39, 0.29) is 23.9 Å². The number of nitrogens with one attached hydrogen (secondary N) is 2. The molecule has 2 aliphatic heterocycles. The van der Waals surface area contributed by atoms with Gasteiger partial charge in [-0.05, 0) is 98.6 Å². The molecule has 40 heavy (non-hydrogen) atoms. The molecule has 212 valence electrons. The number of halogens is 2. The van der Waals surface area contributed by atoms with Crippen molar-refractivity contribution in [3.63, 3.8) is 0 Å². The lowest BCUT2D eigenvalue weighted by atomic mass is 9.73. The van der Waals surface area contributed by atoms with E-state index in [2.05, 4.69) is 22.8 Å². The van der Waals surface area contributed by atoms with Crippen LogP contribution in [0.15, 0.2) is 48.5 Å². The number of rotatable bonds is 2. The molecule has 0 aromatic heterocycles. The number of urea groups is 2. The van der Waals surface area contributed by atoms with Crippen LogP contribution in [0.1, 0.15) is 74.3 Å². The summed E-state index contributed by atoms with van der Waals surface area (Å²) in [6.07, 6.45) is 6.47. The molecule has 2 N–H and O–H groups in total. The molecule has 2 aromatic carbocycles. The number of imide groups is 2. The van der Waals surface area contributed by atoms with Gasteiger partial charge in [0, 0.05) is 24.1 Å². The van der Waals surface area contributed by atoms with E-state index in [0.717, 1.165) is 48.6 Å². The minimum atomic E-state index is -0.667. The van der Waals surface area contributed by atoms with Crippen molar-refractivity contribution < 1.29 is 19.2 Å². The van der Waals surface area contributed by atoms with Gasteiger partial charge in [0.15, 0.2) is 0 Å². The largest absolute Gasteiger partial charge is 0.327 e. The minimum Gasteiger partial charge on any atom is -0.323 e. The van der Waals surface area contributed by atoms with Crippen LogP contribution >= 0.6 is 23.2 Å². The van der Waals surface area contributed by atoms with Crippen LogP contribution in [-0.2, 0) is 9.59 Å². The molecule has 0 bridgehead atoms. The second-order valence-corrected chi connectivity index (χ2v) is 12.3. The standard InChI is InChI=1S/C16H19ClN2O2.C14H15ClN2O2/c1-18-14(20)16(19(2)15(18)21)9-7-12(8-10-16)11-3-5-13(17)6-4-11;15-11-3-1-9(2-4-11)10-5-7-14(8-6-10)12(18)16-13(19)17-14/h3-6,12H,7-10H2,1-2H3;1-4,10H,5-8H2,(H2,16,17,18,19). The Morgan fingerprint density at radius 2 is 1.18 bits per heavy atom. The Bertz CT molecular complexity index is 1300. The van der Waals surface area contributed by atoms with Crippen LogP contribution in [0, 0.1) is 0 Å². The number of hydrogen-bond donors (Lipinski definition) is 2. The summed E-state index contributed by atoms with van der Waals surface area (Å²) in [6.45, 7) is 0. The van der Waals surface area contributed by atoms with Crippen LogP contribution in [0.4, 0.5) is 9.59 Å². The molecule has 2 aliphatic carbocycles. The Balaban J connectivity index is 0.000000162. The lowest BCUT2D eigenvalue weighted by Gasteiger charge is -2.39. The molecule has 6 amide bonds. The van der Waals surface area contributed by atoms with Crippen LogP contribution in [0.25, 0.3) is 0 Å². The molecule has 2 spiro atoms. The third-order valence-corrected chi connectivity index (χ3v) is 9.77. The highest BCUT2D eigenvalue weighted by Crippen LogP contribution is 2.44. The first-order chi connectivity index (χ1) is 19.0. The maximum absolute atomic E-state index is 12.4. The van der Waals surface area contributed by atoms with Gasteiger partial charge in [0.05, 0.1) is 0 Å². The van der Waals surface area contributed by atoms with E-state index in [1.165, 1.54) is 16.0 Å². The Hall–Kier alpha value is -3.10. The Kier molecular flexibility index (Phi) is 7.86. The molecule has 4 aliphatic rings. The first-order valence-corrected chi connectivity index (χ1v) is 14.5. The first-order valence-electron chi connectivity index (χ1n) is 13.8. The summed E-state index contributed by atoms with van der Waals surface area (Å²) in [4.78, 5) is 50.4. The topological polar surface area (TPSA) is 98.8 Å². The number of nitrogens with zero attached hydrogens (tertiary/aromatic N) is 2. The molecular formula is C30H34Cl2N4O4. The first kappa shape index (κ1) is 28.4. The van der Waals surface area contributed by atoms with Crippen molar-refractivity contribution in [1.82, 2.24) is 20.4 Å². The van der Waals surface area contributed by atoms with Gasteiger partial charge in [-0.15, -0.1) is 0 Å². The van der Waals surface area contributed by atoms with Gasteiger partial charge in [-0.2, -0.15) is 0 Å². The van der Waals surface area contributed by atoms with Gasteiger partial charge in [0.1, 0.15) is 11.1 Å². The zero-order chi connectivity index (χ0) is 28.7. The van der Waals surface area contributed by atoms with Gasteiger partial charge in [-0.3, -0.25) is 19.8 Å². The van der Waals surface area contributed by atoms with Crippen LogP contribution in [0.5, 0.6) is 0 Å². The number of likely N-dealkylation sites (N-methyl/N-ethyl adjacent to an activating group) is 2. The van der Waals surface area contributed by atoms with Crippen molar-refractivity contribution in [3.05, 3.63) is 69.7 Å². The lowest BCUT2D eigenvalue weighted by Crippen LogP contribution is -2.50. The maximum atomic E-state index is 12.4. The summed E-state index contributed by atoms with van der Waals surface area (Å²) in [5, 5.41) is 6.59. The van der Waals surface area contributed by atoms with Crippen LogP contribution in [0.3, 0.4) is 0 Å². The number of amides is 6. The van der Waals surface area contributed by atoms with Crippen LogP contribution < -0.4 is 10.6 Å². The van der Waals surface area contributed by atoms with Gasteiger partial charge < -0.3 is 10.2 Å². The van der Waals surface area contributed by atoms with Crippen LogP contribution in [0.2, 0.25) is 10.0 Å². The van der Waals surface area contributed by atoms with Crippen LogP contribution in [-0.4, -0.2) is 58.8 Å². The second kappa shape index (κ2) is 11.1. The summed E-state index contributed by atoms with van der Waals surface area (Å²) in [6, 6.07) is 15.2. The smallest absolute Gasteiger partial charge is 0.323 e. The molecule has 6 rings (SSSR count). The minimum absolute atomic E-state index is 0.0513. The van der Waals surface area contributed by atoms with Gasteiger partial charge >= 0.3 is 12.1 Å². The van der Waals surface area contributed by atoms with Crippen molar-refractivity contribution in [2.24, 2.45) is 0 Å². The van der Waals surface area contributed by atoms with E-state index in [4.69, 9.17) is 23.2 Å². The number of carbonyl (C=O) groups is 4. The molecule has 0 atom stereocenters. The summed E-state index contributed by atoms with van der Waals surface area (Å²) in [7, 11) is 3.31. The molecular weight excluding hydrogens is 551 g/mol. The van der Waals surface area contributed by atoms with Gasteiger partial charge in [-0.1, -0.05) is 47.5 Å². The molecule has 8 nitrogen and oxygen atoms in total. The molecule has 2 aromatic rings. The fourth-order valence-electron chi connectivity index (χ4n) is 6.72. The quantitative estimate of drug-likeness (QED) is 0.433. The van der Waals surface area contributed by atoms with E-state index < -0.39 is 11.1 Å². The second-order valence-electron chi connectivity index (χ2n) is 11.4. The Morgan fingerprint density at radius 3 is 1.55 bits per heavy atom. The predicted octanol–water partition coefficient (Wildman–Crippen LogP) is 5.84. The Morgan fingerprint density at radius 1 is 0.725 bits per heavy atom. The molecule has 0 unspecified atom stereocenters. The summed E-state index contributed by atoms with van der Waals surface area (Å²) >= 11 is 11.8. The highest BCUT2D eigenvalue weighted by molar-refractivity contribution is 6.30. The normalized spacial score (nSPS) is 29.9. The predicted molar refractivity (Wildman–Crippen MR) is 153 cm³/mol. The third kappa shape index (κ3) is 5.19. The lowest BCUT2D eigenvalue weighted by molar-refractivity contribution is -0.133. The van der Waals surface area contributed by atoms with Gasteiger partial charge in [-0.25, -0.2) is 9.59 Å². The maximum Gasteiger partial charge on any atom is 0.327 e. The molecule has 0 radical (unpaired) electrons. The Labute approximate surface area is 244 Å². The number of carbonyl (C=O) groups excluding carboxylic acids is 4. The van der Waals surface area contributed by atoms with E-state index in [1.54, 1.807) is 19.0 Å². The SMILES string of the molecule is CN1C(=O)N(C)C2(CCC(c3ccc(Cl)cc3)CC2)C1=O.O=C1NC(=O)C2(CCC(c3ccc(Cl)cc3)CC2)N1. The average Bonchev–Trinajstić information content (AvgIpc) is 3.31. The van der Waals surface area contributed by atoms with E-state index >= 15 is 0 Å². The summed E-state index contributed by atoms with van der Waals surface area (Å²) < 4.78 is 0. The fourth-order valence-corrected chi connectivity index (χ4v) is 6.97. The summed E-state index contributed by atoms with van der Waals surface area (Å²) in [5.41, 5.74) is 1.24. The zero-order valence-corrected chi connectivity index (χ0v) is 24.2. The van der Waals surface area contributed by atoms with Crippen molar-refractivity contribution in [3.8, 4) is 0 Å². The van der Waals surface area contributed by atoms with Crippen molar-refractivity contribution in [2.45, 2.75) is 74.3 Å².